The van der Waals surface area contributed by atoms with E-state index in [0.717, 1.165) is 29.9 Å². The number of hydrogen-bond donors (Lipinski definition) is 1. The average Bonchev–Trinajstić information content (AvgIpc) is 3.20. The molecule has 0 saturated carbocycles. The van der Waals surface area contributed by atoms with Crippen molar-refractivity contribution in [3.63, 3.8) is 0 Å². The first-order chi connectivity index (χ1) is 11.2. The Labute approximate surface area is 138 Å². The van der Waals surface area contributed by atoms with Crippen LogP contribution < -0.4 is 5.32 Å². The fourth-order valence-electron chi connectivity index (χ4n) is 3.46. The number of rotatable bonds is 2. The first-order valence-electron chi connectivity index (χ1n) is 8.14. The highest BCUT2D eigenvalue weighted by Gasteiger charge is 2.34. The minimum absolute atomic E-state index is 0.0110. The van der Waals surface area contributed by atoms with Crippen molar-refractivity contribution < 1.29 is 9.59 Å². The molecule has 0 unspecified atom stereocenters. The summed E-state index contributed by atoms with van der Waals surface area (Å²) >= 11 is 1.73. The Morgan fingerprint density at radius 1 is 1.30 bits per heavy atom. The van der Waals surface area contributed by atoms with Gasteiger partial charge in [0.25, 0.3) is 0 Å². The molecule has 2 saturated heterocycles. The summed E-state index contributed by atoms with van der Waals surface area (Å²) in [6.07, 6.45) is 3.15. The molecule has 4 rings (SSSR count). The number of nitrogens with zero attached hydrogens (tertiary/aromatic N) is 2. The lowest BCUT2D eigenvalue weighted by atomic mass is 9.98. The van der Waals surface area contributed by atoms with E-state index in [1.54, 1.807) is 11.3 Å². The first-order valence-corrected chi connectivity index (χ1v) is 8.96. The Bertz CT molecular complexity index is 724. The van der Waals surface area contributed by atoms with Gasteiger partial charge in [-0.1, -0.05) is 12.1 Å². The molecule has 0 spiro atoms. The summed E-state index contributed by atoms with van der Waals surface area (Å²) in [5, 5.41) is 3.91. The molecule has 0 bridgehead atoms. The average molecular weight is 329 g/mol. The number of thiazole rings is 1. The number of para-hydroxylation sites is 1. The van der Waals surface area contributed by atoms with Crippen LogP contribution >= 0.6 is 11.3 Å². The molecule has 6 heteroatoms. The van der Waals surface area contributed by atoms with Gasteiger partial charge in [0.1, 0.15) is 6.04 Å². The highest BCUT2D eigenvalue weighted by Crippen LogP contribution is 2.33. The van der Waals surface area contributed by atoms with Gasteiger partial charge in [0, 0.05) is 25.4 Å². The molecule has 3 heterocycles. The van der Waals surface area contributed by atoms with Crippen molar-refractivity contribution in [1.29, 1.82) is 0 Å². The quantitative estimate of drug-likeness (QED) is 0.919. The molecular formula is C17H19N3O2S. The van der Waals surface area contributed by atoms with E-state index < -0.39 is 0 Å². The van der Waals surface area contributed by atoms with Crippen molar-refractivity contribution in [3.8, 4) is 0 Å². The number of amides is 2. The number of fused-ring (bicyclic) bond motifs is 1. The normalized spacial score (nSPS) is 24.9. The first kappa shape index (κ1) is 14.6. The van der Waals surface area contributed by atoms with Crippen molar-refractivity contribution in [2.75, 3.05) is 13.1 Å². The maximum Gasteiger partial charge on any atom is 0.245 e. The van der Waals surface area contributed by atoms with Crippen LogP contribution in [0, 0.1) is 0 Å². The Kier molecular flexibility index (Phi) is 3.77. The molecule has 120 valence electrons. The van der Waals surface area contributed by atoms with Gasteiger partial charge in [-0.25, -0.2) is 4.98 Å². The Morgan fingerprint density at radius 2 is 2.17 bits per heavy atom. The molecule has 1 aromatic carbocycles. The maximum atomic E-state index is 12.6. The molecule has 0 aliphatic carbocycles. The Hall–Kier alpha value is -1.95. The third kappa shape index (κ3) is 2.83. The zero-order valence-electron chi connectivity index (χ0n) is 12.8. The smallest absolute Gasteiger partial charge is 0.245 e. The van der Waals surface area contributed by atoms with Crippen LogP contribution in [0.3, 0.4) is 0 Å². The molecule has 2 atom stereocenters. The zero-order chi connectivity index (χ0) is 15.8. The van der Waals surface area contributed by atoms with Crippen LogP contribution in [0.1, 0.15) is 36.6 Å². The van der Waals surface area contributed by atoms with Crippen molar-refractivity contribution in [2.45, 2.75) is 37.6 Å². The van der Waals surface area contributed by atoms with Crippen LogP contribution in [0.4, 0.5) is 0 Å². The predicted molar refractivity (Wildman–Crippen MR) is 89.3 cm³/mol. The number of aromatic nitrogens is 1. The fourth-order valence-corrected chi connectivity index (χ4v) is 4.56. The highest BCUT2D eigenvalue weighted by atomic mass is 32.1. The molecule has 2 fully saturated rings. The SMILES string of the molecule is O=C1CC[C@@H](C(=O)N2CCC[C@@H](c3nc4ccccc4s3)C2)N1. The third-order valence-electron chi connectivity index (χ3n) is 4.69. The van der Waals surface area contributed by atoms with Crippen molar-refractivity contribution >= 4 is 33.4 Å². The van der Waals surface area contributed by atoms with Crippen LogP contribution in [-0.4, -0.2) is 40.8 Å². The molecular weight excluding hydrogens is 310 g/mol. The van der Waals surface area contributed by atoms with E-state index in [1.165, 1.54) is 4.70 Å². The molecule has 1 aromatic heterocycles. The van der Waals surface area contributed by atoms with Gasteiger partial charge in [-0.05, 0) is 31.4 Å². The molecule has 1 N–H and O–H groups in total. The summed E-state index contributed by atoms with van der Waals surface area (Å²) in [5.41, 5.74) is 1.04. The fraction of sp³-hybridized carbons (Fsp3) is 0.471. The van der Waals surface area contributed by atoms with Crippen LogP contribution in [0.5, 0.6) is 0 Å². The van der Waals surface area contributed by atoms with E-state index in [1.807, 2.05) is 23.1 Å². The van der Waals surface area contributed by atoms with Gasteiger partial charge < -0.3 is 10.2 Å². The van der Waals surface area contributed by atoms with Gasteiger partial charge in [0.2, 0.25) is 11.8 Å². The van der Waals surface area contributed by atoms with Crippen molar-refractivity contribution in [3.05, 3.63) is 29.3 Å². The minimum atomic E-state index is -0.323. The minimum Gasteiger partial charge on any atom is -0.344 e. The number of carbonyl (C=O) groups is 2. The molecule has 2 aliphatic heterocycles. The van der Waals surface area contributed by atoms with E-state index in [9.17, 15) is 9.59 Å². The largest absolute Gasteiger partial charge is 0.344 e. The van der Waals surface area contributed by atoms with E-state index in [0.29, 0.717) is 25.3 Å². The number of carbonyl (C=O) groups excluding carboxylic acids is 2. The van der Waals surface area contributed by atoms with Gasteiger partial charge in [0.05, 0.1) is 15.2 Å². The lowest BCUT2D eigenvalue weighted by Crippen LogP contribution is -2.47. The number of piperidine rings is 1. The van der Waals surface area contributed by atoms with E-state index >= 15 is 0 Å². The molecule has 23 heavy (non-hydrogen) atoms. The zero-order valence-corrected chi connectivity index (χ0v) is 13.6. The Morgan fingerprint density at radius 3 is 2.96 bits per heavy atom. The molecule has 2 aliphatic rings. The third-order valence-corrected chi connectivity index (χ3v) is 5.89. The van der Waals surface area contributed by atoms with E-state index in [-0.39, 0.29) is 17.9 Å². The second kappa shape index (κ2) is 5.92. The van der Waals surface area contributed by atoms with Gasteiger partial charge in [0.15, 0.2) is 0 Å². The number of hydrogen-bond acceptors (Lipinski definition) is 4. The second-order valence-electron chi connectivity index (χ2n) is 6.30. The van der Waals surface area contributed by atoms with Gasteiger partial charge in [-0.15, -0.1) is 11.3 Å². The van der Waals surface area contributed by atoms with Crippen LogP contribution in [0.2, 0.25) is 0 Å². The summed E-state index contributed by atoms with van der Waals surface area (Å²) in [6.45, 7) is 1.50. The Balaban J connectivity index is 1.50. The lowest BCUT2D eigenvalue weighted by molar-refractivity contribution is -0.135. The van der Waals surface area contributed by atoms with E-state index in [2.05, 4.69) is 11.4 Å². The highest BCUT2D eigenvalue weighted by molar-refractivity contribution is 7.18. The lowest BCUT2D eigenvalue weighted by Gasteiger charge is -2.33. The summed E-state index contributed by atoms with van der Waals surface area (Å²) in [6, 6.07) is 7.84. The van der Waals surface area contributed by atoms with E-state index in [4.69, 9.17) is 4.98 Å². The summed E-state index contributed by atoms with van der Waals surface area (Å²) in [4.78, 5) is 30.6. The summed E-state index contributed by atoms with van der Waals surface area (Å²) in [5.74, 6) is 0.368. The topological polar surface area (TPSA) is 62.3 Å². The van der Waals surface area contributed by atoms with Crippen molar-refractivity contribution in [2.24, 2.45) is 0 Å². The molecule has 5 nitrogen and oxygen atoms in total. The molecule has 2 aromatic rings. The van der Waals surface area contributed by atoms with Crippen LogP contribution in [-0.2, 0) is 9.59 Å². The van der Waals surface area contributed by atoms with Crippen LogP contribution in [0.15, 0.2) is 24.3 Å². The monoisotopic (exact) mass is 329 g/mol. The summed E-state index contributed by atoms with van der Waals surface area (Å²) in [7, 11) is 0. The van der Waals surface area contributed by atoms with Gasteiger partial charge >= 0.3 is 0 Å². The number of benzene rings is 1. The standard InChI is InChI=1S/C17H19N3O2S/c21-15-8-7-13(18-15)17(22)20-9-3-4-11(10-20)16-19-12-5-1-2-6-14(12)23-16/h1-2,5-6,11,13H,3-4,7-10H2,(H,18,21)/t11-,13+/m1/s1. The number of nitrogens with one attached hydrogen (secondary N) is 1. The summed E-state index contributed by atoms with van der Waals surface area (Å²) < 4.78 is 1.20. The second-order valence-corrected chi connectivity index (χ2v) is 7.36. The number of likely N-dealkylation sites (tertiary alicyclic amines) is 1. The van der Waals surface area contributed by atoms with Crippen molar-refractivity contribution in [1.82, 2.24) is 15.2 Å². The van der Waals surface area contributed by atoms with Gasteiger partial charge in [-0.3, -0.25) is 9.59 Å². The molecule has 2 amide bonds. The maximum absolute atomic E-state index is 12.6. The predicted octanol–water partition coefficient (Wildman–Crippen LogP) is 2.28. The van der Waals surface area contributed by atoms with Crippen LogP contribution in [0.25, 0.3) is 10.2 Å². The molecule has 0 radical (unpaired) electrons. The van der Waals surface area contributed by atoms with Gasteiger partial charge in [-0.2, -0.15) is 0 Å².